The molecule has 14 heteroatoms. The zero-order chi connectivity index (χ0) is 50.6. The fraction of sp³-hybridized carbons (Fsp3) is 0.818. The number of phosphoric ester groups is 1. The molecule has 0 aromatic rings. The predicted octanol–water partition coefficient (Wildman–Crippen LogP) is 12.3. The first-order valence-corrected chi connectivity index (χ1v) is 28.9. The molecule has 0 amide bonds. The number of carbonyl (C=O) groups is 2. The molecule has 1 aliphatic rings. The van der Waals surface area contributed by atoms with Crippen LogP contribution in [-0.4, -0.2) is 98.3 Å². The van der Waals surface area contributed by atoms with Crippen molar-refractivity contribution in [2.75, 3.05) is 13.2 Å². The van der Waals surface area contributed by atoms with E-state index in [0.717, 1.165) is 83.5 Å². The number of aliphatic hydroxyl groups excluding tert-OH is 5. The van der Waals surface area contributed by atoms with E-state index < -0.39 is 75.7 Å². The number of allylic oxidation sites excluding steroid dienone is 8. The quantitative estimate of drug-likeness (QED) is 0.0145. The smallest absolute Gasteiger partial charge is 0.462 e. The van der Waals surface area contributed by atoms with Crippen LogP contribution in [0.25, 0.3) is 0 Å². The van der Waals surface area contributed by atoms with E-state index in [0.29, 0.717) is 12.8 Å². The van der Waals surface area contributed by atoms with Crippen molar-refractivity contribution in [3.63, 3.8) is 0 Å². The van der Waals surface area contributed by atoms with Crippen LogP contribution in [0.2, 0.25) is 0 Å². The van der Waals surface area contributed by atoms with Gasteiger partial charge >= 0.3 is 19.8 Å². The number of esters is 2. The van der Waals surface area contributed by atoms with Crippen molar-refractivity contribution >= 4 is 19.8 Å². The third-order valence-electron chi connectivity index (χ3n) is 12.7. The lowest BCUT2D eigenvalue weighted by Gasteiger charge is -2.41. The molecule has 1 saturated carbocycles. The van der Waals surface area contributed by atoms with Gasteiger partial charge in [-0.3, -0.25) is 18.6 Å². The first-order valence-electron chi connectivity index (χ1n) is 27.4. The van der Waals surface area contributed by atoms with Crippen LogP contribution in [0.1, 0.15) is 232 Å². The molecule has 6 N–H and O–H groups in total. The number of phosphoric acid groups is 1. The maximum absolute atomic E-state index is 12.9. The molecule has 402 valence electrons. The summed E-state index contributed by atoms with van der Waals surface area (Å²) in [6.07, 6.45) is 41.5. The molecule has 0 bridgehead atoms. The highest BCUT2D eigenvalue weighted by Crippen LogP contribution is 2.47. The zero-order valence-electron chi connectivity index (χ0n) is 43.1. The number of rotatable bonds is 46. The first-order chi connectivity index (χ1) is 33.4. The van der Waals surface area contributed by atoms with Crippen molar-refractivity contribution < 1.29 is 63.1 Å². The van der Waals surface area contributed by atoms with Gasteiger partial charge in [0.2, 0.25) is 0 Å². The van der Waals surface area contributed by atoms with Crippen LogP contribution in [0.5, 0.6) is 0 Å². The number of ether oxygens (including phenoxy) is 2. The minimum atomic E-state index is -5.13. The average Bonchev–Trinajstić information content (AvgIpc) is 3.33. The fourth-order valence-electron chi connectivity index (χ4n) is 8.34. The van der Waals surface area contributed by atoms with E-state index in [-0.39, 0.29) is 12.8 Å². The van der Waals surface area contributed by atoms with E-state index in [1.807, 2.05) is 0 Å². The Morgan fingerprint density at radius 2 is 0.826 bits per heavy atom. The van der Waals surface area contributed by atoms with Crippen LogP contribution in [0, 0.1) is 0 Å². The van der Waals surface area contributed by atoms with Gasteiger partial charge in [0.1, 0.15) is 43.2 Å². The molecule has 13 nitrogen and oxygen atoms in total. The zero-order valence-corrected chi connectivity index (χ0v) is 44.0. The fourth-order valence-corrected chi connectivity index (χ4v) is 9.31. The first kappa shape index (κ1) is 64.8. The van der Waals surface area contributed by atoms with E-state index in [2.05, 4.69) is 62.5 Å². The van der Waals surface area contributed by atoms with Crippen molar-refractivity contribution in [1.82, 2.24) is 0 Å². The lowest BCUT2D eigenvalue weighted by molar-refractivity contribution is -0.220. The second kappa shape index (κ2) is 44.5. The van der Waals surface area contributed by atoms with Gasteiger partial charge in [-0.05, 0) is 51.4 Å². The monoisotopic (exact) mass is 999 g/mol. The highest BCUT2D eigenvalue weighted by molar-refractivity contribution is 7.47. The SMILES string of the molecule is CC/C=C\C/C=C\C/C=C\C/C=C\CCCCCCCCC(=O)OC(COC(=O)CCCCCCCCCCCCCCCCCCCCCCC)COP(=O)(O)OC1C(O)C(O)C(O)C(O)C1O. The topological polar surface area (TPSA) is 210 Å². The molecule has 0 radical (unpaired) electrons. The molecule has 6 unspecified atom stereocenters. The molecule has 1 aliphatic carbocycles. The Bertz CT molecular complexity index is 1390. The molecule has 1 fully saturated rings. The predicted molar refractivity (Wildman–Crippen MR) is 276 cm³/mol. The third-order valence-corrected chi connectivity index (χ3v) is 13.7. The van der Waals surface area contributed by atoms with Crippen LogP contribution in [0.4, 0.5) is 0 Å². The molecule has 6 atom stereocenters. The molecule has 1 rings (SSSR count). The molecular formula is C55H99O13P. The van der Waals surface area contributed by atoms with Crippen molar-refractivity contribution in [2.24, 2.45) is 0 Å². The summed E-state index contributed by atoms with van der Waals surface area (Å²) in [5.74, 6) is -1.11. The Morgan fingerprint density at radius 3 is 1.26 bits per heavy atom. The maximum atomic E-state index is 12.9. The van der Waals surface area contributed by atoms with Gasteiger partial charge in [0, 0.05) is 12.8 Å². The third kappa shape index (κ3) is 36.4. The van der Waals surface area contributed by atoms with Crippen molar-refractivity contribution in [2.45, 2.75) is 275 Å². The van der Waals surface area contributed by atoms with Gasteiger partial charge in [-0.1, -0.05) is 217 Å². The largest absolute Gasteiger partial charge is 0.472 e. The number of unbranched alkanes of at least 4 members (excludes halogenated alkanes) is 26. The van der Waals surface area contributed by atoms with E-state index in [4.69, 9.17) is 18.5 Å². The minimum Gasteiger partial charge on any atom is -0.462 e. The van der Waals surface area contributed by atoms with Gasteiger partial charge in [-0.25, -0.2) is 4.57 Å². The minimum absolute atomic E-state index is 0.0810. The molecule has 0 heterocycles. The van der Waals surface area contributed by atoms with Gasteiger partial charge in [0.25, 0.3) is 0 Å². The summed E-state index contributed by atoms with van der Waals surface area (Å²) in [4.78, 5) is 35.9. The lowest BCUT2D eigenvalue weighted by Crippen LogP contribution is -2.64. The summed E-state index contributed by atoms with van der Waals surface area (Å²) in [6.45, 7) is 3.22. The normalized spacial score (nSPS) is 21.2. The molecule has 0 aromatic carbocycles. The van der Waals surface area contributed by atoms with Crippen LogP contribution in [0.3, 0.4) is 0 Å². The van der Waals surface area contributed by atoms with Gasteiger partial charge in [0.05, 0.1) is 6.61 Å². The Morgan fingerprint density at radius 1 is 0.464 bits per heavy atom. The van der Waals surface area contributed by atoms with Crippen molar-refractivity contribution in [1.29, 1.82) is 0 Å². The molecule has 0 saturated heterocycles. The summed E-state index contributed by atoms with van der Waals surface area (Å²) in [7, 11) is -5.13. The number of carbonyl (C=O) groups excluding carboxylic acids is 2. The highest BCUT2D eigenvalue weighted by Gasteiger charge is 2.51. The van der Waals surface area contributed by atoms with E-state index in [9.17, 15) is 44.6 Å². The van der Waals surface area contributed by atoms with Crippen molar-refractivity contribution in [3.8, 4) is 0 Å². The lowest BCUT2D eigenvalue weighted by atomic mass is 9.85. The molecule has 69 heavy (non-hydrogen) atoms. The maximum Gasteiger partial charge on any atom is 0.472 e. The molecular weight excluding hydrogens is 900 g/mol. The van der Waals surface area contributed by atoms with Crippen LogP contribution in [-0.2, 0) is 32.7 Å². The Hall–Kier alpha value is -2.19. The summed E-state index contributed by atoms with van der Waals surface area (Å²) in [5.41, 5.74) is 0. The molecule has 0 aromatic heterocycles. The summed E-state index contributed by atoms with van der Waals surface area (Å²) >= 11 is 0. The number of hydrogen-bond acceptors (Lipinski definition) is 12. The van der Waals surface area contributed by atoms with Crippen LogP contribution >= 0.6 is 7.82 Å². The van der Waals surface area contributed by atoms with Crippen LogP contribution < -0.4 is 0 Å². The Balaban J connectivity index is 2.36. The van der Waals surface area contributed by atoms with Gasteiger partial charge in [-0.2, -0.15) is 0 Å². The Kier molecular flexibility index (Phi) is 41.8. The number of aliphatic hydroxyl groups is 5. The van der Waals surface area contributed by atoms with Crippen molar-refractivity contribution in [3.05, 3.63) is 48.6 Å². The summed E-state index contributed by atoms with van der Waals surface area (Å²) < 4.78 is 33.7. The average molecular weight is 999 g/mol. The van der Waals surface area contributed by atoms with Gasteiger partial charge in [0.15, 0.2) is 6.10 Å². The van der Waals surface area contributed by atoms with Gasteiger partial charge < -0.3 is 39.9 Å². The summed E-state index contributed by atoms with van der Waals surface area (Å²) in [6, 6.07) is 0. The Labute approximate surface area is 418 Å². The summed E-state index contributed by atoms with van der Waals surface area (Å²) in [5, 5.41) is 50.3. The van der Waals surface area contributed by atoms with Crippen LogP contribution in [0.15, 0.2) is 48.6 Å². The van der Waals surface area contributed by atoms with E-state index >= 15 is 0 Å². The second-order valence-electron chi connectivity index (χ2n) is 19.1. The van der Waals surface area contributed by atoms with Gasteiger partial charge in [-0.15, -0.1) is 0 Å². The van der Waals surface area contributed by atoms with E-state index in [1.165, 1.54) is 109 Å². The second-order valence-corrected chi connectivity index (χ2v) is 20.5. The standard InChI is InChI=1S/C55H99O13P/c1-3-5-7-9-11-13-15-17-19-21-23-24-26-27-29-31-33-35-37-39-41-43-48(56)65-45-47(46-66-69(63,64)68-55-53(61)51(59)50(58)52(60)54(55)62)67-49(57)44-42-40-38-36-34-32-30-28-25-22-20-18-16-14-12-10-8-6-4-2/h6,8,12,14,18,20,25,28,47,50-55,58-62H,3-5,7,9-11,13,15-17,19,21-24,26-27,29-46H2,1-2H3,(H,63,64)/b8-6-,14-12-,20-18-,28-25-. The highest BCUT2D eigenvalue weighted by atomic mass is 31.2. The van der Waals surface area contributed by atoms with E-state index in [1.54, 1.807) is 0 Å². The number of hydrogen-bond donors (Lipinski definition) is 6. The molecule has 0 spiro atoms. The molecule has 0 aliphatic heterocycles.